The van der Waals surface area contributed by atoms with Gasteiger partial charge >= 0.3 is 0 Å². The van der Waals surface area contributed by atoms with E-state index >= 15 is 0 Å². The van der Waals surface area contributed by atoms with Crippen molar-refractivity contribution >= 4 is 0 Å². The molecule has 0 atom stereocenters. The van der Waals surface area contributed by atoms with Gasteiger partial charge in [0.1, 0.15) is 0 Å². The molecule has 0 unspecified atom stereocenters. The Hall–Kier alpha value is -0.830. The molecule has 1 saturated heterocycles. The summed E-state index contributed by atoms with van der Waals surface area (Å²) in [5.41, 5.74) is 3.17. The molecule has 3 heteroatoms. The van der Waals surface area contributed by atoms with Gasteiger partial charge in [-0.3, -0.25) is 4.68 Å². The zero-order valence-corrected chi connectivity index (χ0v) is 11.4. The van der Waals surface area contributed by atoms with Crippen molar-refractivity contribution in [1.29, 1.82) is 0 Å². The van der Waals surface area contributed by atoms with Crippen LogP contribution in [0.25, 0.3) is 0 Å². The minimum atomic E-state index is 0.507. The van der Waals surface area contributed by atoms with Gasteiger partial charge in [-0.2, -0.15) is 5.10 Å². The van der Waals surface area contributed by atoms with E-state index in [0.717, 1.165) is 13.0 Å². The van der Waals surface area contributed by atoms with E-state index in [1.54, 1.807) is 0 Å². The van der Waals surface area contributed by atoms with E-state index in [1.165, 1.54) is 43.7 Å². The minimum Gasteiger partial charge on any atom is -0.316 e. The molecular formula is C14H25N3. The highest BCUT2D eigenvalue weighted by atomic mass is 15.3. The van der Waals surface area contributed by atoms with Gasteiger partial charge < -0.3 is 5.32 Å². The van der Waals surface area contributed by atoms with Gasteiger partial charge in [0.25, 0.3) is 0 Å². The van der Waals surface area contributed by atoms with Gasteiger partial charge in [0, 0.05) is 30.7 Å². The number of aromatic nitrogens is 2. The standard InChI is InChI=1S/C14H25N3/c1-4-7-14(10-15-11-14)9-13-8-12(5-2)16-17(13)6-3/h8,15H,4-7,9-11H2,1-3H3. The van der Waals surface area contributed by atoms with Crippen LogP contribution >= 0.6 is 0 Å². The van der Waals surface area contributed by atoms with Crippen molar-refractivity contribution in [2.45, 2.75) is 53.0 Å². The van der Waals surface area contributed by atoms with Crippen LogP contribution in [0.5, 0.6) is 0 Å². The highest BCUT2D eigenvalue weighted by molar-refractivity contribution is 5.14. The molecule has 96 valence electrons. The molecule has 3 nitrogen and oxygen atoms in total. The van der Waals surface area contributed by atoms with E-state index in [4.69, 9.17) is 0 Å². The van der Waals surface area contributed by atoms with Gasteiger partial charge in [-0.15, -0.1) is 0 Å². The summed E-state index contributed by atoms with van der Waals surface area (Å²) in [6.07, 6.45) is 4.84. The molecule has 1 N–H and O–H groups in total. The fourth-order valence-corrected chi connectivity index (χ4v) is 2.89. The second kappa shape index (κ2) is 5.21. The quantitative estimate of drug-likeness (QED) is 0.820. The van der Waals surface area contributed by atoms with Crippen LogP contribution in [-0.4, -0.2) is 22.9 Å². The summed E-state index contributed by atoms with van der Waals surface area (Å²) in [4.78, 5) is 0. The van der Waals surface area contributed by atoms with E-state index in [9.17, 15) is 0 Å². The summed E-state index contributed by atoms with van der Waals surface area (Å²) >= 11 is 0. The van der Waals surface area contributed by atoms with Crippen LogP contribution in [0.15, 0.2) is 6.07 Å². The Kier molecular flexibility index (Phi) is 3.87. The van der Waals surface area contributed by atoms with Crippen molar-refractivity contribution in [3.05, 3.63) is 17.5 Å². The SMILES string of the molecule is CCCC1(Cc2cc(CC)nn2CC)CNC1. The average molecular weight is 235 g/mol. The molecule has 1 aromatic rings. The Labute approximate surface area is 105 Å². The number of nitrogens with one attached hydrogen (secondary N) is 1. The van der Waals surface area contributed by atoms with Gasteiger partial charge in [0.05, 0.1) is 5.69 Å². The lowest BCUT2D eigenvalue weighted by Gasteiger charge is -2.43. The molecule has 1 aliphatic heterocycles. The number of aryl methyl sites for hydroxylation is 2. The zero-order chi connectivity index (χ0) is 12.3. The fourth-order valence-electron chi connectivity index (χ4n) is 2.89. The normalized spacial score (nSPS) is 18.1. The molecule has 17 heavy (non-hydrogen) atoms. The van der Waals surface area contributed by atoms with Gasteiger partial charge in [0.15, 0.2) is 0 Å². The Bertz CT molecular complexity index is 364. The maximum atomic E-state index is 4.65. The molecule has 0 spiro atoms. The number of rotatable bonds is 6. The Morgan fingerprint density at radius 3 is 2.59 bits per heavy atom. The first-order valence-corrected chi connectivity index (χ1v) is 6.99. The van der Waals surface area contributed by atoms with Crippen molar-refractivity contribution in [2.75, 3.05) is 13.1 Å². The fraction of sp³-hybridized carbons (Fsp3) is 0.786. The number of hydrogen-bond acceptors (Lipinski definition) is 2. The molecule has 1 aliphatic rings. The maximum Gasteiger partial charge on any atom is 0.0624 e. The molecule has 0 saturated carbocycles. The Morgan fingerprint density at radius 2 is 2.12 bits per heavy atom. The van der Waals surface area contributed by atoms with Crippen LogP contribution in [0.2, 0.25) is 0 Å². The predicted octanol–water partition coefficient (Wildman–Crippen LogP) is 2.40. The van der Waals surface area contributed by atoms with E-state index in [1.807, 2.05) is 0 Å². The molecule has 2 rings (SSSR count). The van der Waals surface area contributed by atoms with Gasteiger partial charge in [-0.25, -0.2) is 0 Å². The summed E-state index contributed by atoms with van der Waals surface area (Å²) in [6, 6.07) is 2.30. The van der Waals surface area contributed by atoms with E-state index in [-0.39, 0.29) is 0 Å². The van der Waals surface area contributed by atoms with Gasteiger partial charge in [-0.1, -0.05) is 20.3 Å². The smallest absolute Gasteiger partial charge is 0.0624 e. The van der Waals surface area contributed by atoms with Crippen molar-refractivity contribution in [1.82, 2.24) is 15.1 Å². The lowest BCUT2D eigenvalue weighted by molar-refractivity contribution is 0.147. The summed E-state index contributed by atoms with van der Waals surface area (Å²) < 4.78 is 2.19. The third kappa shape index (κ3) is 2.54. The van der Waals surface area contributed by atoms with Crippen LogP contribution < -0.4 is 5.32 Å². The van der Waals surface area contributed by atoms with Crippen LogP contribution in [0.3, 0.4) is 0 Å². The summed E-state index contributed by atoms with van der Waals surface area (Å²) in [7, 11) is 0. The molecule has 0 bridgehead atoms. The van der Waals surface area contributed by atoms with Crippen molar-refractivity contribution in [3.63, 3.8) is 0 Å². The maximum absolute atomic E-state index is 4.65. The first-order valence-electron chi connectivity index (χ1n) is 6.99. The van der Waals surface area contributed by atoms with Crippen molar-refractivity contribution < 1.29 is 0 Å². The Balaban J connectivity index is 2.13. The summed E-state index contributed by atoms with van der Waals surface area (Å²) in [6.45, 7) is 9.99. The van der Waals surface area contributed by atoms with Crippen LogP contribution in [0.4, 0.5) is 0 Å². The minimum absolute atomic E-state index is 0.507. The largest absolute Gasteiger partial charge is 0.316 e. The number of hydrogen-bond donors (Lipinski definition) is 1. The van der Waals surface area contributed by atoms with Crippen LogP contribution in [-0.2, 0) is 19.4 Å². The second-order valence-corrected chi connectivity index (χ2v) is 5.33. The lowest BCUT2D eigenvalue weighted by atomic mass is 9.74. The molecule has 1 fully saturated rings. The topological polar surface area (TPSA) is 29.9 Å². The first-order chi connectivity index (χ1) is 8.23. The van der Waals surface area contributed by atoms with E-state index in [0.29, 0.717) is 5.41 Å². The highest BCUT2D eigenvalue weighted by Gasteiger charge is 2.36. The van der Waals surface area contributed by atoms with E-state index < -0.39 is 0 Å². The third-order valence-electron chi connectivity index (χ3n) is 3.91. The predicted molar refractivity (Wildman–Crippen MR) is 71.2 cm³/mol. The van der Waals surface area contributed by atoms with Crippen molar-refractivity contribution in [2.24, 2.45) is 5.41 Å². The Morgan fingerprint density at radius 1 is 1.35 bits per heavy atom. The van der Waals surface area contributed by atoms with Crippen LogP contribution in [0.1, 0.15) is 45.0 Å². The molecule has 0 amide bonds. The zero-order valence-electron chi connectivity index (χ0n) is 11.4. The second-order valence-electron chi connectivity index (χ2n) is 5.33. The van der Waals surface area contributed by atoms with E-state index in [2.05, 4.69) is 41.9 Å². The third-order valence-corrected chi connectivity index (χ3v) is 3.91. The first kappa shape index (κ1) is 12.6. The molecular weight excluding hydrogens is 210 g/mol. The highest BCUT2D eigenvalue weighted by Crippen LogP contribution is 2.33. The molecule has 0 radical (unpaired) electrons. The molecule has 2 heterocycles. The molecule has 1 aromatic heterocycles. The monoisotopic (exact) mass is 235 g/mol. The number of nitrogens with zero attached hydrogens (tertiary/aromatic N) is 2. The van der Waals surface area contributed by atoms with Gasteiger partial charge in [0.2, 0.25) is 0 Å². The average Bonchev–Trinajstić information content (AvgIpc) is 2.68. The van der Waals surface area contributed by atoms with Crippen molar-refractivity contribution in [3.8, 4) is 0 Å². The van der Waals surface area contributed by atoms with Crippen LogP contribution in [0, 0.1) is 5.41 Å². The summed E-state index contributed by atoms with van der Waals surface area (Å²) in [5, 5.41) is 8.08. The lowest BCUT2D eigenvalue weighted by Crippen LogP contribution is -2.54. The molecule has 0 aliphatic carbocycles. The summed E-state index contributed by atoms with van der Waals surface area (Å²) in [5.74, 6) is 0. The molecule has 0 aromatic carbocycles. The van der Waals surface area contributed by atoms with Gasteiger partial charge in [-0.05, 0) is 32.3 Å².